The molecule has 0 aromatic heterocycles. The van der Waals surface area contributed by atoms with Crippen molar-refractivity contribution in [3.8, 4) is 0 Å². The van der Waals surface area contributed by atoms with E-state index in [-0.39, 0.29) is 5.91 Å². The fourth-order valence-electron chi connectivity index (χ4n) is 3.77. The first-order valence-corrected chi connectivity index (χ1v) is 9.49. The van der Waals surface area contributed by atoms with Crippen molar-refractivity contribution >= 4 is 5.91 Å². The first kappa shape index (κ1) is 19.5. The summed E-state index contributed by atoms with van der Waals surface area (Å²) in [4.78, 5) is 16.1. The summed E-state index contributed by atoms with van der Waals surface area (Å²) in [7, 11) is 0. The summed E-state index contributed by atoms with van der Waals surface area (Å²) in [5.74, 6) is 1.09. The Hall–Kier alpha value is -0.570. The first-order chi connectivity index (χ1) is 10.5. The van der Waals surface area contributed by atoms with Gasteiger partial charge in [-0.15, -0.1) is 0 Å². The molecule has 0 unspecified atom stereocenters. The minimum atomic E-state index is 0.256. The molecule has 0 atom stereocenters. The third kappa shape index (κ3) is 5.91. The Morgan fingerprint density at radius 2 is 1.50 bits per heavy atom. The normalized spacial score (nSPS) is 21.6. The Morgan fingerprint density at radius 3 is 1.95 bits per heavy atom. The van der Waals surface area contributed by atoms with Crippen molar-refractivity contribution in [3.05, 3.63) is 0 Å². The van der Waals surface area contributed by atoms with Gasteiger partial charge in [0.05, 0.1) is 0 Å². The molecule has 2 rings (SSSR count). The summed E-state index contributed by atoms with van der Waals surface area (Å²) < 4.78 is 0. The SMILES string of the molecule is CC.CC(=O)N1CCC2(CCN(CCCC(C)C)CC2)CC1. The molecule has 22 heavy (non-hydrogen) atoms. The number of rotatable bonds is 4. The number of hydrogen-bond donors (Lipinski definition) is 0. The van der Waals surface area contributed by atoms with Gasteiger partial charge in [-0.2, -0.15) is 0 Å². The first-order valence-electron chi connectivity index (χ1n) is 9.49. The highest BCUT2D eigenvalue weighted by molar-refractivity contribution is 5.73. The van der Waals surface area contributed by atoms with E-state index >= 15 is 0 Å². The van der Waals surface area contributed by atoms with Gasteiger partial charge in [-0.3, -0.25) is 4.79 Å². The number of carbonyl (C=O) groups is 1. The van der Waals surface area contributed by atoms with Crippen LogP contribution in [0.5, 0.6) is 0 Å². The number of nitrogens with zero attached hydrogens (tertiary/aromatic N) is 2. The molecule has 2 saturated heterocycles. The molecule has 2 aliphatic rings. The highest BCUT2D eigenvalue weighted by atomic mass is 16.2. The molecule has 1 amide bonds. The molecule has 2 aliphatic heterocycles. The van der Waals surface area contributed by atoms with E-state index in [0.717, 1.165) is 19.0 Å². The average molecular weight is 311 g/mol. The zero-order valence-corrected chi connectivity index (χ0v) is 15.7. The van der Waals surface area contributed by atoms with Crippen LogP contribution >= 0.6 is 0 Å². The summed E-state index contributed by atoms with van der Waals surface area (Å²) in [5, 5.41) is 0. The van der Waals surface area contributed by atoms with E-state index in [1.54, 1.807) is 6.92 Å². The van der Waals surface area contributed by atoms with Gasteiger partial charge in [0.25, 0.3) is 0 Å². The minimum Gasteiger partial charge on any atom is -0.343 e. The molecule has 0 aliphatic carbocycles. The number of carbonyl (C=O) groups excluding carboxylic acids is 1. The van der Waals surface area contributed by atoms with E-state index in [1.165, 1.54) is 58.2 Å². The zero-order chi connectivity index (χ0) is 16.6. The van der Waals surface area contributed by atoms with Crippen molar-refractivity contribution in [2.45, 2.75) is 73.1 Å². The number of likely N-dealkylation sites (tertiary alicyclic amines) is 2. The van der Waals surface area contributed by atoms with E-state index in [9.17, 15) is 4.79 Å². The van der Waals surface area contributed by atoms with Gasteiger partial charge in [-0.1, -0.05) is 27.7 Å². The van der Waals surface area contributed by atoms with Crippen molar-refractivity contribution in [1.82, 2.24) is 9.80 Å². The van der Waals surface area contributed by atoms with E-state index in [1.807, 2.05) is 18.7 Å². The molecule has 2 fully saturated rings. The quantitative estimate of drug-likeness (QED) is 0.778. The van der Waals surface area contributed by atoms with Gasteiger partial charge < -0.3 is 9.80 Å². The Morgan fingerprint density at radius 1 is 1.00 bits per heavy atom. The molecule has 0 bridgehead atoms. The highest BCUT2D eigenvalue weighted by Gasteiger charge is 2.37. The van der Waals surface area contributed by atoms with E-state index in [2.05, 4.69) is 18.7 Å². The second kappa shape index (κ2) is 9.54. The lowest BCUT2D eigenvalue weighted by atomic mass is 9.71. The third-order valence-electron chi connectivity index (χ3n) is 5.44. The monoisotopic (exact) mass is 310 g/mol. The zero-order valence-electron chi connectivity index (χ0n) is 15.7. The minimum absolute atomic E-state index is 0.256. The maximum atomic E-state index is 11.4. The van der Waals surface area contributed by atoms with Crippen molar-refractivity contribution in [1.29, 1.82) is 0 Å². The predicted octanol–water partition coefficient (Wildman–Crippen LogP) is 4.17. The lowest BCUT2D eigenvalue weighted by molar-refractivity contribution is -0.131. The van der Waals surface area contributed by atoms with Crippen LogP contribution in [0.1, 0.15) is 73.1 Å². The number of piperidine rings is 2. The van der Waals surface area contributed by atoms with Crippen LogP contribution in [-0.4, -0.2) is 48.4 Å². The van der Waals surface area contributed by atoms with Gasteiger partial charge in [0.15, 0.2) is 0 Å². The van der Waals surface area contributed by atoms with Crippen LogP contribution in [0.3, 0.4) is 0 Å². The van der Waals surface area contributed by atoms with Gasteiger partial charge in [-0.25, -0.2) is 0 Å². The van der Waals surface area contributed by atoms with Gasteiger partial charge in [0, 0.05) is 20.0 Å². The molecular weight excluding hydrogens is 272 g/mol. The van der Waals surface area contributed by atoms with Crippen molar-refractivity contribution in [3.63, 3.8) is 0 Å². The lowest BCUT2D eigenvalue weighted by Gasteiger charge is -2.46. The van der Waals surface area contributed by atoms with Gasteiger partial charge in [-0.05, 0) is 69.5 Å². The Bertz CT molecular complexity index is 309. The van der Waals surface area contributed by atoms with Crippen LogP contribution in [0.2, 0.25) is 0 Å². The number of hydrogen-bond acceptors (Lipinski definition) is 2. The standard InChI is InChI=1S/C17H32N2O.C2H6/c1-15(2)5-4-10-18-11-6-17(7-12-18)8-13-19(14-9-17)16(3)20;1-2/h15H,4-14H2,1-3H3;1-2H3. The molecule has 0 radical (unpaired) electrons. The maximum Gasteiger partial charge on any atom is 0.219 e. The third-order valence-corrected chi connectivity index (χ3v) is 5.44. The molecular formula is C19H38N2O. The smallest absolute Gasteiger partial charge is 0.219 e. The average Bonchev–Trinajstić information content (AvgIpc) is 2.52. The van der Waals surface area contributed by atoms with Crippen LogP contribution in [-0.2, 0) is 4.79 Å². The van der Waals surface area contributed by atoms with Crippen molar-refractivity contribution in [2.24, 2.45) is 11.3 Å². The van der Waals surface area contributed by atoms with Crippen LogP contribution in [0.4, 0.5) is 0 Å². The topological polar surface area (TPSA) is 23.6 Å². The Balaban J connectivity index is 0.00000116. The van der Waals surface area contributed by atoms with E-state index in [4.69, 9.17) is 0 Å². The van der Waals surface area contributed by atoms with E-state index < -0.39 is 0 Å². The van der Waals surface area contributed by atoms with Gasteiger partial charge >= 0.3 is 0 Å². The molecule has 3 heteroatoms. The lowest BCUT2D eigenvalue weighted by Crippen LogP contribution is -2.47. The van der Waals surface area contributed by atoms with Crippen molar-refractivity contribution in [2.75, 3.05) is 32.7 Å². The molecule has 2 heterocycles. The Kier molecular flexibility index (Phi) is 8.45. The van der Waals surface area contributed by atoms with E-state index in [0.29, 0.717) is 5.41 Å². The molecule has 3 nitrogen and oxygen atoms in total. The van der Waals surface area contributed by atoms with Gasteiger partial charge in [0.2, 0.25) is 5.91 Å². The summed E-state index contributed by atoms with van der Waals surface area (Å²) >= 11 is 0. The summed E-state index contributed by atoms with van der Waals surface area (Å²) in [6.07, 6.45) is 7.86. The van der Waals surface area contributed by atoms with Crippen LogP contribution < -0.4 is 0 Å². The van der Waals surface area contributed by atoms with Crippen LogP contribution in [0.25, 0.3) is 0 Å². The fraction of sp³-hybridized carbons (Fsp3) is 0.947. The summed E-state index contributed by atoms with van der Waals surface area (Å²) in [6, 6.07) is 0. The Labute approximate surface area is 138 Å². The summed E-state index contributed by atoms with van der Waals surface area (Å²) in [5.41, 5.74) is 0.556. The molecule has 130 valence electrons. The number of amides is 1. The molecule has 0 N–H and O–H groups in total. The predicted molar refractivity (Wildman–Crippen MR) is 95.0 cm³/mol. The molecule has 0 aromatic rings. The largest absolute Gasteiger partial charge is 0.343 e. The van der Waals surface area contributed by atoms with Crippen LogP contribution in [0.15, 0.2) is 0 Å². The second-order valence-corrected chi connectivity index (χ2v) is 7.38. The fourth-order valence-corrected chi connectivity index (χ4v) is 3.77. The second-order valence-electron chi connectivity index (χ2n) is 7.38. The molecule has 0 saturated carbocycles. The molecule has 0 aromatic carbocycles. The summed E-state index contributed by atoms with van der Waals surface area (Å²) in [6.45, 7) is 16.1. The van der Waals surface area contributed by atoms with Gasteiger partial charge in [0.1, 0.15) is 0 Å². The van der Waals surface area contributed by atoms with Crippen LogP contribution in [0, 0.1) is 11.3 Å². The highest BCUT2D eigenvalue weighted by Crippen LogP contribution is 2.41. The molecule has 1 spiro atoms. The maximum absolute atomic E-state index is 11.4. The van der Waals surface area contributed by atoms with Crippen molar-refractivity contribution < 1.29 is 4.79 Å².